The number of carboxylic acids is 1. The third-order valence-electron chi connectivity index (χ3n) is 2.66. The van der Waals surface area contributed by atoms with Crippen LogP contribution in [0.15, 0.2) is 0 Å². The molecule has 1 heterocycles. The highest BCUT2D eigenvalue weighted by Gasteiger charge is 2.26. The van der Waals surface area contributed by atoms with E-state index in [2.05, 4.69) is 5.32 Å². The molecule has 5 nitrogen and oxygen atoms in total. The van der Waals surface area contributed by atoms with Crippen LogP contribution in [0.4, 0.5) is 0 Å². The van der Waals surface area contributed by atoms with Crippen molar-refractivity contribution in [2.75, 3.05) is 6.61 Å². The summed E-state index contributed by atoms with van der Waals surface area (Å²) in [5, 5.41) is 11.4. The maximum absolute atomic E-state index is 11.7. The van der Waals surface area contributed by atoms with Gasteiger partial charge < -0.3 is 15.2 Å². The van der Waals surface area contributed by atoms with Gasteiger partial charge in [0.1, 0.15) is 12.1 Å². The zero-order chi connectivity index (χ0) is 12.0. The molecule has 0 bridgehead atoms. The molecule has 1 saturated heterocycles. The SMILES string of the molecule is CCC[C@H](NC(=O)C1CCCCO1)C(=O)O. The lowest BCUT2D eigenvalue weighted by Crippen LogP contribution is -2.46. The molecular weight excluding hydrogens is 210 g/mol. The predicted octanol–water partition coefficient (Wildman–Crippen LogP) is 0.925. The molecule has 1 rings (SSSR count). The average Bonchev–Trinajstić information content (AvgIpc) is 2.29. The summed E-state index contributed by atoms with van der Waals surface area (Å²) in [7, 11) is 0. The first-order valence-corrected chi connectivity index (χ1v) is 5.80. The van der Waals surface area contributed by atoms with Gasteiger partial charge in [0.05, 0.1) is 0 Å². The fourth-order valence-corrected chi connectivity index (χ4v) is 1.76. The lowest BCUT2D eigenvalue weighted by Gasteiger charge is -2.23. The van der Waals surface area contributed by atoms with E-state index < -0.39 is 18.1 Å². The summed E-state index contributed by atoms with van der Waals surface area (Å²) < 4.78 is 5.29. The van der Waals surface area contributed by atoms with Crippen LogP contribution >= 0.6 is 0 Å². The molecule has 1 unspecified atom stereocenters. The Labute approximate surface area is 95.2 Å². The molecule has 2 N–H and O–H groups in total. The molecule has 0 saturated carbocycles. The number of amides is 1. The van der Waals surface area contributed by atoms with Gasteiger partial charge in [-0.2, -0.15) is 0 Å². The number of rotatable bonds is 5. The normalized spacial score (nSPS) is 22.4. The molecule has 2 atom stereocenters. The summed E-state index contributed by atoms with van der Waals surface area (Å²) in [6.07, 6.45) is 3.33. The zero-order valence-electron chi connectivity index (χ0n) is 9.57. The summed E-state index contributed by atoms with van der Waals surface area (Å²) in [6.45, 7) is 2.48. The third kappa shape index (κ3) is 3.81. The molecule has 0 aromatic rings. The fourth-order valence-electron chi connectivity index (χ4n) is 1.76. The van der Waals surface area contributed by atoms with Crippen LogP contribution in [-0.2, 0) is 14.3 Å². The number of carboxylic acid groups (broad SMARTS) is 1. The van der Waals surface area contributed by atoms with E-state index in [1.165, 1.54) is 0 Å². The number of hydrogen-bond donors (Lipinski definition) is 2. The van der Waals surface area contributed by atoms with Crippen LogP contribution in [0.25, 0.3) is 0 Å². The molecule has 92 valence electrons. The van der Waals surface area contributed by atoms with Crippen LogP contribution in [0.3, 0.4) is 0 Å². The van der Waals surface area contributed by atoms with Crippen molar-refractivity contribution in [3.8, 4) is 0 Å². The molecule has 5 heteroatoms. The van der Waals surface area contributed by atoms with Crippen LogP contribution in [0.2, 0.25) is 0 Å². The van der Waals surface area contributed by atoms with Gasteiger partial charge in [0.2, 0.25) is 5.91 Å². The van der Waals surface area contributed by atoms with E-state index in [-0.39, 0.29) is 5.91 Å². The zero-order valence-corrected chi connectivity index (χ0v) is 9.57. The van der Waals surface area contributed by atoms with Crippen molar-refractivity contribution < 1.29 is 19.4 Å². The Kier molecular flexibility index (Phi) is 5.25. The first-order valence-electron chi connectivity index (χ1n) is 5.80. The Bertz CT molecular complexity index is 248. The number of carbonyl (C=O) groups excluding carboxylic acids is 1. The number of ether oxygens (including phenoxy) is 1. The molecule has 1 aliphatic rings. The Morgan fingerprint density at radius 3 is 2.75 bits per heavy atom. The Morgan fingerprint density at radius 1 is 1.50 bits per heavy atom. The molecule has 0 aromatic carbocycles. The molecule has 0 radical (unpaired) electrons. The quantitative estimate of drug-likeness (QED) is 0.735. The van der Waals surface area contributed by atoms with Gasteiger partial charge in [0.15, 0.2) is 0 Å². The second-order valence-electron chi connectivity index (χ2n) is 4.04. The molecular formula is C11H19NO4. The van der Waals surface area contributed by atoms with Gasteiger partial charge in [-0.05, 0) is 25.7 Å². The van der Waals surface area contributed by atoms with E-state index in [4.69, 9.17) is 9.84 Å². The predicted molar refractivity (Wildman–Crippen MR) is 58.1 cm³/mol. The average molecular weight is 229 g/mol. The molecule has 16 heavy (non-hydrogen) atoms. The van der Waals surface area contributed by atoms with Crippen molar-refractivity contribution in [1.82, 2.24) is 5.32 Å². The number of hydrogen-bond acceptors (Lipinski definition) is 3. The van der Waals surface area contributed by atoms with Crippen molar-refractivity contribution in [1.29, 1.82) is 0 Å². The van der Waals surface area contributed by atoms with Crippen LogP contribution in [0, 0.1) is 0 Å². The number of nitrogens with one attached hydrogen (secondary N) is 1. The van der Waals surface area contributed by atoms with E-state index in [1.807, 2.05) is 6.92 Å². The van der Waals surface area contributed by atoms with Crippen molar-refractivity contribution in [3.05, 3.63) is 0 Å². The summed E-state index contributed by atoms with van der Waals surface area (Å²) in [6, 6.07) is -0.789. The minimum atomic E-state index is -0.981. The monoisotopic (exact) mass is 229 g/mol. The maximum Gasteiger partial charge on any atom is 0.326 e. The highest BCUT2D eigenvalue weighted by atomic mass is 16.5. The van der Waals surface area contributed by atoms with Gasteiger partial charge in [0, 0.05) is 6.61 Å². The number of aliphatic carboxylic acids is 1. The van der Waals surface area contributed by atoms with Crippen molar-refractivity contribution in [2.24, 2.45) is 0 Å². The lowest BCUT2D eigenvalue weighted by molar-refractivity contribution is -0.145. The minimum absolute atomic E-state index is 0.291. The summed E-state index contributed by atoms with van der Waals surface area (Å²) >= 11 is 0. The van der Waals surface area contributed by atoms with Crippen molar-refractivity contribution >= 4 is 11.9 Å². The Morgan fingerprint density at radius 2 is 2.25 bits per heavy atom. The molecule has 1 amide bonds. The van der Waals surface area contributed by atoms with Crippen molar-refractivity contribution in [2.45, 2.75) is 51.2 Å². The molecule has 0 aromatic heterocycles. The number of carbonyl (C=O) groups is 2. The summed E-state index contributed by atoms with van der Waals surface area (Å²) in [5.74, 6) is -1.27. The van der Waals surface area contributed by atoms with Gasteiger partial charge in [0.25, 0.3) is 0 Å². The third-order valence-corrected chi connectivity index (χ3v) is 2.66. The Hall–Kier alpha value is -1.10. The standard InChI is InChI=1S/C11H19NO4/c1-2-5-8(11(14)15)12-10(13)9-6-3-4-7-16-9/h8-9H,2-7H2,1H3,(H,12,13)(H,14,15)/t8-,9?/m0/s1. The highest BCUT2D eigenvalue weighted by molar-refractivity contribution is 5.86. The van der Waals surface area contributed by atoms with Crippen LogP contribution < -0.4 is 5.32 Å². The van der Waals surface area contributed by atoms with Gasteiger partial charge >= 0.3 is 5.97 Å². The smallest absolute Gasteiger partial charge is 0.326 e. The minimum Gasteiger partial charge on any atom is -0.480 e. The highest BCUT2D eigenvalue weighted by Crippen LogP contribution is 2.13. The van der Waals surface area contributed by atoms with Gasteiger partial charge in [-0.1, -0.05) is 13.3 Å². The maximum atomic E-state index is 11.7. The summed E-state index contributed by atoms with van der Waals surface area (Å²) in [4.78, 5) is 22.5. The molecule has 1 fully saturated rings. The lowest BCUT2D eigenvalue weighted by atomic mass is 10.1. The van der Waals surface area contributed by atoms with E-state index in [0.29, 0.717) is 19.4 Å². The molecule has 1 aliphatic heterocycles. The Balaban J connectivity index is 2.43. The van der Waals surface area contributed by atoms with E-state index >= 15 is 0 Å². The fraction of sp³-hybridized carbons (Fsp3) is 0.818. The van der Waals surface area contributed by atoms with Gasteiger partial charge in [-0.15, -0.1) is 0 Å². The van der Waals surface area contributed by atoms with Gasteiger partial charge in [-0.25, -0.2) is 4.79 Å². The van der Waals surface area contributed by atoms with E-state index in [9.17, 15) is 9.59 Å². The van der Waals surface area contributed by atoms with Crippen molar-refractivity contribution in [3.63, 3.8) is 0 Å². The van der Waals surface area contributed by atoms with Crippen LogP contribution in [0.1, 0.15) is 39.0 Å². The van der Waals surface area contributed by atoms with E-state index in [1.54, 1.807) is 0 Å². The second-order valence-corrected chi connectivity index (χ2v) is 4.04. The first-order chi connectivity index (χ1) is 7.65. The van der Waals surface area contributed by atoms with Crippen LogP contribution in [0.5, 0.6) is 0 Å². The van der Waals surface area contributed by atoms with E-state index in [0.717, 1.165) is 19.3 Å². The summed E-state index contributed by atoms with van der Waals surface area (Å²) in [5.41, 5.74) is 0. The van der Waals surface area contributed by atoms with Gasteiger partial charge in [-0.3, -0.25) is 4.79 Å². The second kappa shape index (κ2) is 6.48. The largest absolute Gasteiger partial charge is 0.480 e. The van der Waals surface area contributed by atoms with Crippen LogP contribution in [-0.4, -0.2) is 35.7 Å². The topological polar surface area (TPSA) is 75.6 Å². The first kappa shape index (κ1) is 13.0. The molecule has 0 aliphatic carbocycles. The molecule has 0 spiro atoms.